The van der Waals surface area contributed by atoms with Crippen molar-refractivity contribution < 1.29 is 145 Å². The fourth-order valence-electron chi connectivity index (χ4n) is 16.3. The molecule has 3 saturated carbocycles. The number of esters is 1. The van der Waals surface area contributed by atoms with Crippen molar-refractivity contribution in [3.63, 3.8) is 0 Å². The van der Waals surface area contributed by atoms with Crippen LogP contribution in [0.2, 0.25) is 0 Å². The van der Waals surface area contributed by atoms with E-state index in [0.29, 0.717) is 25.7 Å². The number of aliphatic hydroxyl groups excluding tert-OH is 12. The third-order valence-electron chi connectivity index (χ3n) is 21.1. The monoisotopic (exact) mass is 1270 g/mol. The zero-order chi connectivity index (χ0) is 63.9. The predicted octanol–water partition coefficient (Wildman–Crippen LogP) is -3.65. The van der Waals surface area contributed by atoms with Gasteiger partial charge >= 0.3 is 16.4 Å². The van der Waals surface area contributed by atoms with Gasteiger partial charge in [0.25, 0.3) is 0 Å². The first-order valence-corrected chi connectivity index (χ1v) is 31.1. The molecule has 0 aromatic heterocycles. The minimum absolute atomic E-state index is 0.0223. The van der Waals surface area contributed by atoms with Crippen LogP contribution >= 0.6 is 0 Å². The number of ketones is 1. The van der Waals surface area contributed by atoms with E-state index in [1.165, 1.54) is 19.4 Å². The van der Waals surface area contributed by atoms with E-state index in [2.05, 4.69) is 44.9 Å². The van der Waals surface area contributed by atoms with Gasteiger partial charge in [0.2, 0.25) is 0 Å². The largest absolute Gasteiger partial charge is 0.462 e. The quantitative estimate of drug-likeness (QED) is 0.0272. The number of carbonyl (C=O) groups excluding carboxylic acids is 2. The number of aliphatic hydroxyl groups is 12. The smallest absolute Gasteiger partial charge is 0.397 e. The van der Waals surface area contributed by atoms with Crippen LogP contribution in [0.5, 0.6) is 0 Å². The van der Waals surface area contributed by atoms with Gasteiger partial charge in [-0.3, -0.25) is 14.1 Å². The van der Waals surface area contributed by atoms with E-state index in [-0.39, 0.29) is 23.0 Å². The van der Waals surface area contributed by atoms with Gasteiger partial charge in [0.1, 0.15) is 122 Å². The number of Topliss-reactive ketones (excluding diaryl/α,β-unsaturated/α-hetero) is 1. The van der Waals surface area contributed by atoms with Gasteiger partial charge in [0, 0.05) is 14.0 Å². The Bertz CT molecular complexity index is 2540. The zero-order valence-corrected chi connectivity index (χ0v) is 50.9. The van der Waals surface area contributed by atoms with Crippen molar-refractivity contribution in [2.45, 2.75) is 254 Å². The van der Waals surface area contributed by atoms with Crippen LogP contribution < -0.4 is 0 Å². The van der Waals surface area contributed by atoms with Crippen molar-refractivity contribution in [3.05, 3.63) is 11.6 Å². The van der Waals surface area contributed by atoms with E-state index in [1.54, 1.807) is 6.92 Å². The van der Waals surface area contributed by atoms with Crippen molar-refractivity contribution in [1.29, 1.82) is 0 Å². The standard InChI is InChI=1S/C56H90O30S/c1-21(59)33-26(78-23(3)60)16-56(8)25-10-11-31-53(4,5)32(13-14-54(31,6)24(25)12-15-55(33,56)7)83-52-47(86-48-41(68)39(66)44(22(2)77-48)84-49-40(67)38(65)34(61)27(17-57)79-49)37(64)29(19-75-52)81-50-43(70)46(36(63)30(82-50)20-76-87(71,72)73)85-51-42(69)45(74-9)35(62)28(18-58)80-51/h12,22,25-52,57-58,61-70H,10-11,13-20H2,1-9H3,(H,71,72,73)/t22-,25?,26+,27-,28-,29-,30-,31?,32+,33+,34-,35-,36-,37+,38+,39-,40-,41-,42-,43-,44-,45+,46+,47-,48+,49+,50-,51+,52+,54-,55-,56+/m1/s1. The van der Waals surface area contributed by atoms with Crippen molar-refractivity contribution in [3.8, 4) is 0 Å². The molecule has 9 aliphatic rings. The molecule has 87 heavy (non-hydrogen) atoms. The summed E-state index contributed by atoms with van der Waals surface area (Å²) in [5.74, 6) is -0.912. The van der Waals surface area contributed by atoms with Crippen LogP contribution in [0.3, 0.4) is 0 Å². The van der Waals surface area contributed by atoms with Gasteiger partial charge in [-0.2, -0.15) is 8.42 Å². The van der Waals surface area contributed by atoms with Crippen molar-refractivity contribution in [1.82, 2.24) is 0 Å². The van der Waals surface area contributed by atoms with E-state index in [1.807, 2.05) is 0 Å². The Kier molecular flexibility index (Phi) is 20.9. The number of rotatable bonds is 18. The Labute approximate surface area is 503 Å². The summed E-state index contributed by atoms with van der Waals surface area (Å²) in [5, 5.41) is 132. The lowest BCUT2D eigenvalue weighted by atomic mass is 9.41. The molecule has 5 aliphatic heterocycles. The molecule has 30 nitrogen and oxygen atoms in total. The topological polar surface area (TPSA) is 451 Å². The van der Waals surface area contributed by atoms with E-state index in [4.69, 9.17) is 56.8 Å². The van der Waals surface area contributed by atoms with E-state index < -0.39 is 225 Å². The van der Waals surface area contributed by atoms with Crippen LogP contribution in [0, 0.1) is 39.4 Å². The summed E-state index contributed by atoms with van der Waals surface area (Å²) < 4.78 is 109. The van der Waals surface area contributed by atoms with Gasteiger partial charge in [0.05, 0.1) is 44.6 Å². The second kappa shape index (κ2) is 26.3. The molecule has 9 rings (SSSR count). The molecule has 0 spiro atoms. The number of allylic oxidation sites excluding steroid dienone is 2. The average Bonchev–Trinajstić information content (AvgIpc) is 1.64. The Balaban J connectivity index is 0.981. The molecule has 4 aliphatic carbocycles. The molecule has 0 amide bonds. The van der Waals surface area contributed by atoms with Crippen molar-refractivity contribution in [2.75, 3.05) is 33.5 Å². The van der Waals surface area contributed by atoms with Gasteiger partial charge in [-0.1, -0.05) is 46.3 Å². The lowest BCUT2D eigenvalue weighted by molar-refractivity contribution is -0.394. The molecule has 0 radical (unpaired) electrons. The summed E-state index contributed by atoms with van der Waals surface area (Å²) in [6.45, 7) is 11.8. The maximum atomic E-state index is 13.4. The number of fused-ring (bicyclic) bond motifs is 5. The first-order valence-electron chi connectivity index (χ1n) is 29.7. The average molecular weight is 1280 g/mol. The van der Waals surface area contributed by atoms with Gasteiger partial charge in [-0.25, -0.2) is 4.18 Å². The number of methoxy groups -OCH3 is 1. The third kappa shape index (κ3) is 12.7. The molecule has 2 unspecified atom stereocenters. The SMILES string of the molecule is CO[C@@H]1[C@@H](O)[C@H](O[C@@H]2[C@@H](O)[C@H](O[C@@H]3CO[C@@H](O[C@H]4CC[C@]5(C)C6=CC[C@]7(C)[C@@H](C(C)=O)[C@@H](OC(C)=O)C[C@@]7(C)C6CCC5C4(C)C)[C@H](O[C@@H]4O[C@H](C)[C@@H](O[C@@H]5O[C@H](CO)[C@@H](O)[C@H](O)[C@H]5O)[C@H](O)[C@H]4O)[C@H]3O)O[C@H](COS(=O)(=O)O)[C@H]2O)O[C@H](CO)[C@H]1O. The fourth-order valence-corrected chi connectivity index (χ4v) is 16.7. The Morgan fingerprint density at radius 2 is 1.17 bits per heavy atom. The summed E-state index contributed by atoms with van der Waals surface area (Å²) in [4.78, 5) is 25.8. The summed E-state index contributed by atoms with van der Waals surface area (Å²) in [7, 11) is -4.06. The van der Waals surface area contributed by atoms with Gasteiger partial charge in [-0.15, -0.1) is 0 Å². The summed E-state index contributed by atoms with van der Waals surface area (Å²) in [5.41, 5.74) is -0.640. The molecule has 500 valence electrons. The molecule has 8 fully saturated rings. The van der Waals surface area contributed by atoms with Crippen LogP contribution in [-0.4, -0.2) is 279 Å². The number of carbonyl (C=O) groups is 2. The molecule has 13 N–H and O–H groups in total. The molecule has 31 heteroatoms. The van der Waals surface area contributed by atoms with E-state index >= 15 is 0 Å². The maximum absolute atomic E-state index is 13.4. The maximum Gasteiger partial charge on any atom is 0.397 e. The van der Waals surface area contributed by atoms with E-state index in [0.717, 1.165) is 20.0 Å². The number of hydrogen-bond donors (Lipinski definition) is 13. The molecular formula is C56H90O30S. The highest BCUT2D eigenvalue weighted by molar-refractivity contribution is 7.80. The normalized spacial score (nSPS) is 50.9. The van der Waals surface area contributed by atoms with Crippen LogP contribution in [0.1, 0.15) is 93.9 Å². The highest BCUT2D eigenvalue weighted by Crippen LogP contribution is 2.73. The van der Waals surface area contributed by atoms with Gasteiger partial charge in [-0.05, 0) is 85.9 Å². The van der Waals surface area contributed by atoms with Crippen LogP contribution in [0.25, 0.3) is 0 Å². The second-order valence-electron chi connectivity index (χ2n) is 26.4. The second-order valence-corrected chi connectivity index (χ2v) is 27.5. The number of ether oxygens (including phenoxy) is 12. The summed E-state index contributed by atoms with van der Waals surface area (Å²) in [6, 6.07) is 0. The molecule has 0 bridgehead atoms. The molecule has 0 aromatic carbocycles. The summed E-state index contributed by atoms with van der Waals surface area (Å²) >= 11 is 0. The molecule has 5 heterocycles. The highest BCUT2D eigenvalue weighted by Gasteiger charge is 2.69. The Morgan fingerprint density at radius 3 is 1.79 bits per heavy atom. The predicted molar refractivity (Wildman–Crippen MR) is 288 cm³/mol. The lowest BCUT2D eigenvalue weighted by Crippen LogP contribution is -2.67. The Morgan fingerprint density at radius 1 is 0.609 bits per heavy atom. The van der Waals surface area contributed by atoms with Gasteiger partial charge < -0.3 is 118 Å². The first-order chi connectivity index (χ1) is 40.7. The zero-order valence-electron chi connectivity index (χ0n) is 50.1. The van der Waals surface area contributed by atoms with Gasteiger partial charge in [0.15, 0.2) is 31.5 Å². The van der Waals surface area contributed by atoms with Crippen LogP contribution in [0.4, 0.5) is 0 Å². The Hall–Kier alpha value is -2.17. The van der Waals surface area contributed by atoms with E-state index in [9.17, 15) is 83.8 Å². The molecule has 32 atom stereocenters. The third-order valence-corrected chi connectivity index (χ3v) is 21.5. The minimum atomic E-state index is -5.20. The fraction of sp³-hybridized carbons (Fsp3) is 0.929. The van der Waals surface area contributed by atoms with Crippen molar-refractivity contribution >= 4 is 22.2 Å². The van der Waals surface area contributed by atoms with Crippen LogP contribution in [-0.2, 0) is 81.0 Å². The lowest BCUT2D eigenvalue weighted by Gasteiger charge is -2.64. The number of hydrogen-bond acceptors (Lipinski definition) is 29. The molecule has 5 saturated heterocycles. The van der Waals surface area contributed by atoms with Crippen LogP contribution in [0.15, 0.2) is 11.6 Å². The first kappa shape index (κ1) is 69.2. The highest BCUT2D eigenvalue weighted by atomic mass is 32.3. The molecular weight excluding hydrogens is 1180 g/mol. The minimum Gasteiger partial charge on any atom is -0.462 e. The molecule has 0 aromatic rings. The summed E-state index contributed by atoms with van der Waals surface area (Å²) in [6.07, 6.45) is -37.6. The van der Waals surface area contributed by atoms with Crippen molar-refractivity contribution in [2.24, 2.45) is 39.4 Å².